The van der Waals surface area contributed by atoms with E-state index in [1.807, 2.05) is 0 Å². The number of fused-ring (bicyclic) bond motifs is 1. The van der Waals surface area contributed by atoms with Gasteiger partial charge in [0, 0.05) is 17.7 Å². The smallest absolute Gasteiger partial charge is 0.197 e. The van der Waals surface area contributed by atoms with E-state index in [-0.39, 0.29) is 28.0 Å². The Morgan fingerprint density at radius 1 is 0.872 bits per heavy atom. The molecular formula is C26H28O13. The Bertz CT molecular complexity index is 1400. The molecule has 39 heavy (non-hydrogen) atoms. The molecule has 5 rings (SSSR count). The fourth-order valence-corrected chi connectivity index (χ4v) is 4.82. The average molecular weight is 548 g/mol. The summed E-state index contributed by atoms with van der Waals surface area (Å²) < 4.78 is 22.2. The van der Waals surface area contributed by atoms with Crippen molar-refractivity contribution in [3.05, 3.63) is 52.2 Å². The van der Waals surface area contributed by atoms with Crippen LogP contribution in [0.3, 0.4) is 0 Å². The van der Waals surface area contributed by atoms with E-state index in [1.165, 1.54) is 31.2 Å². The number of aliphatic hydroxyl groups excluding tert-OH is 5. The lowest BCUT2D eigenvalue weighted by atomic mass is 9.92. The summed E-state index contributed by atoms with van der Waals surface area (Å²) in [6, 6.07) is 8.01. The summed E-state index contributed by atoms with van der Waals surface area (Å²) in [7, 11) is 0. The number of rotatable bonds is 4. The normalized spacial score (nSPS) is 33.3. The summed E-state index contributed by atoms with van der Waals surface area (Å²) in [5.41, 5.74) is -0.727. The Hall–Kier alpha value is -3.27. The molecule has 0 radical (unpaired) electrons. The maximum Gasteiger partial charge on any atom is 0.197 e. The van der Waals surface area contributed by atoms with Gasteiger partial charge in [-0.05, 0) is 31.2 Å². The van der Waals surface area contributed by atoms with Crippen molar-refractivity contribution in [2.75, 3.05) is 6.61 Å². The molecule has 2 aromatic carbocycles. The highest BCUT2D eigenvalue weighted by Gasteiger charge is 2.47. The summed E-state index contributed by atoms with van der Waals surface area (Å²) >= 11 is 0. The number of aliphatic hydroxyl groups is 5. The van der Waals surface area contributed by atoms with Crippen molar-refractivity contribution in [1.29, 1.82) is 0 Å². The van der Waals surface area contributed by atoms with Crippen LogP contribution < -0.4 is 5.43 Å². The third-order valence-corrected chi connectivity index (χ3v) is 7.05. The molecule has 0 amide bonds. The van der Waals surface area contributed by atoms with E-state index in [9.17, 15) is 45.6 Å². The molecule has 3 heterocycles. The molecule has 2 aliphatic heterocycles. The standard InChI is InChI=1S/C26H28O13/c1-9-19(30)22(33)24(35)26(37-9)39-16-8-36-25(23(34)20(16)31)18-13(29)7-15-17(21(18)32)12(28)6-14(38-15)10-2-4-11(27)5-3-10/h2-7,9,16,19-20,22-27,29-35H,8H2,1H3/t9-,16-,19-,20-,22+,23-,24-,25-,26-/m0/s1. The van der Waals surface area contributed by atoms with Crippen LogP contribution in [0.1, 0.15) is 18.6 Å². The SMILES string of the molecule is C[C@@H]1O[C@@H](O[C@H]2CO[C@@H](c3c(O)cc4oc(-c5ccc(O)cc5)cc(=O)c4c3O)[C@@H](O)[C@H]2O)[C@@H](O)[C@H](O)[C@H]1O. The van der Waals surface area contributed by atoms with Gasteiger partial charge < -0.3 is 59.5 Å². The van der Waals surface area contributed by atoms with Crippen LogP contribution in [-0.4, -0.2) is 96.5 Å². The third-order valence-electron chi connectivity index (χ3n) is 7.05. The van der Waals surface area contributed by atoms with E-state index in [0.717, 1.165) is 12.1 Å². The largest absolute Gasteiger partial charge is 0.508 e. The Labute approximate surface area is 220 Å². The number of hydrogen-bond acceptors (Lipinski definition) is 13. The maximum absolute atomic E-state index is 12.9. The van der Waals surface area contributed by atoms with E-state index in [4.69, 9.17) is 18.6 Å². The fraction of sp³-hybridized carbons (Fsp3) is 0.423. The predicted molar refractivity (Wildman–Crippen MR) is 131 cm³/mol. The number of hydrogen-bond donors (Lipinski definition) is 8. The van der Waals surface area contributed by atoms with Crippen molar-refractivity contribution >= 4 is 11.0 Å². The molecule has 9 atom stereocenters. The molecule has 13 heteroatoms. The van der Waals surface area contributed by atoms with Gasteiger partial charge in [0.2, 0.25) is 0 Å². The monoisotopic (exact) mass is 548 g/mol. The third kappa shape index (κ3) is 4.83. The fourth-order valence-electron chi connectivity index (χ4n) is 4.82. The lowest BCUT2D eigenvalue weighted by Gasteiger charge is -2.43. The Balaban J connectivity index is 1.41. The first-order chi connectivity index (χ1) is 18.5. The van der Waals surface area contributed by atoms with Gasteiger partial charge in [0.05, 0.1) is 18.3 Å². The van der Waals surface area contributed by atoms with Crippen molar-refractivity contribution in [2.45, 2.75) is 62.0 Å². The second-order valence-corrected chi connectivity index (χ2v) is 9.64. The first-order valence-corrected chi connectivity index (χ1v) is 12.1. The topological polar surface area (TPSA) is 220 Å². The number of aromatic hydroxyl groups is 3. The molecule has 1 aromatic heterocycles. The number of ether oxygens (including phenoxy) is 3. The van der Waals surface area contributed by atoms with Gasteiger partial charge >= 0.3 is 0 Å². The lowest BCUT2D eigenvalue weighted by molar-refractivity contribution is -0.326. The van der Waals surface area contributed by atoms with Crippen molar-refractivity contribution in [1.82, 2.24) is 0 Å². The molecule has 3 aromatic rings. The van der Waals surface area contributed by atoms with Gasteiger partial charge in [-0.15, -0.1) is 0 Å². The van der Waals surface area contributed by atoms with Gasteiger partial charge in [0.25, 0.3) is 0 Å². The van der Waals surface area contributed by atoms with E-state index >= 15 is 0 Å². The first kappa shape index (κ1) is 27.3. The van der Waals surface area contributed by atoms with Gasteiger partial charge in [0.1, 0.15) is 76.7 Å². The summed E-state index contributed by atoms with van der Waals surface area (Å²) in [6.07, 6.45) is -13.2. The number of phenols is 3. The van der Waals surface area contributed by atoms with Crippen molar-refractivity contribution < 1.29 is 59.5 Å². The molecule has 0 unspecified atom stereocenters. The van der Waals surface area contributed by atoms with Gasteiger partial charge in [-0.1, -0.05) is 0 Å². The minimum atomic E-state index is -1.78. The zero-order chi connectivity index (χ0) is 28.2. The second-order valence-electron chi connectivity index (χ2n) is 9.64. The average Bonchev–Trinajstić information content (AvgIpc) is 2.89. The molecule has 210 valence electrons. The molecular weight excluding hydrogens is 520 g/mol. The van der Waals surface area contributed by atoms with Crippen LogP contribution in [0.2, 0.25) is 0 Å². The van der Waals surface area contributed by atoms with Crippen molar-refractivity contribution in [3.8, 4) is 28.6 Å². The number of phenolic OH excluding ortho intramolecular Hbond substituents is 3. The van der Waals surface area contributed by atoms with Gasteiger partial charge in [-0.3, -0.25) is 4.79 Å². The van der Waals surface area contributed by atoms with Crippen molar-refractivity contribution in [2.24, 2.45) is 0 Å². The number of benzene rings is 2. The minimum Gasteiger partial charge on any atom is -0.508 e. The summed E-state index contributed by atoms with van der Waals surface area (Å²) in [4.78, 5) is 12.9. The highest BCUT2D eigenvalue weighted by atomic mass is 16.7. The van der Waals surface area contributed by atoms with E-state index < -0.39 is 78.7 Å². The second kappa shape index (κ2) is 10.4. The zero-order valence-electron chi connectivity index (χ0n) is 20.5. The zero-order valence-corrected chi connectivity index (χ0v) is 20.5. The Morgan fingerprint density at radius 3 is 2.26 bits per heavy atom. The molecule has 0 bridgehead atoms. The highest BCUT2D eigenvalue weighted by molar-refractivity contribution is 5.88. The molecule has 2 fully saturated rings. The van der Waals surface area contributed by atoms with Crippen LogP contribution >= 0.6 is 0 Å². The van der Waals surface area contributed by atoms with E-state index in [2.05, 4.69) is 0 Å². The maximum atomic E-state index is 12.9. The minimum absolute atomic E-state index is 0.0103. The molecule has 2 aliphatic rings. The molecule has 0 aliphatic carbocycles. The summed E-state index contributed by atoms with van der Waals surface area (Å²) in [5.74, 6) is -1.18. The molecule has 0 saturated carbocycles. The predicted octanol–water partition coefficient (Wildman–Crippen LogP) is -0.417. The van der Waals surface area contributed by atoms with Gasteiger partial charge in [-0.2, -0.15) is 0 Å². The molecule has 2 saturated heterocycles. The summed E-state index contributed by atoms with van der Waals surface area (Å²) in [6.45, 7) is 1.04. The lowest BCUT2D eigenvalue weighted by Crippen LogP contribution is -2.60. The van der Waals surface area contributed by atoms with Crippen LogP contribution in [-0.2, 0) is 14.2 Å². The van der Waals surface area contributed by atoms with Crippen LogP contribution in [0, 0.1) is 0 Å². The van der Waals surface area contributed by atoms with Crippen LogP contribution in [0.5, 0.6) is 17.2 Å². The molecule has 0 spiro atoms. The van der Waals surface area contributed by atoms with Crippen LogP contribution in [0.4, 0.5) is 0 Å². The highest BCUT2D eigenvalue weighted by Crippen LogP contribution is 2.44. The van der Waals surface area contributed by atoms with Crippen LogP contribution in [0.15, 0.2) is 45.6 Å². The van der Waals surface area contributed by atoms with E-state index in [0.29, 0.717) is 5.56 Å². The Kier molecular flexibility index (Phi) is 7.26. The quantitative estimate of drug-likeness (QED) is 0.208. The van der Waals surface area contributed by atoms with E-state index in [1.54, 1.807) is 0 Å². The molecule has 13 nitrogen and oxygen atoms in total. The Morgan fingerprint density at radius 2 is 1.56 bits per heavy atom. The van der Waals surface area contributed by atoms with Crippen molar-refractivity contribution in [3.63, 3.8) is 0 Å². The summed E-state index contributed by atoms with van der Waals surface area (Å²) in [5, 5.41) is 82.4. The first-order valence-electron chi connectivity index (χ1n) is 12.1. The van der Waals surface area contributed by atoms with Gasteiger partial charge in [-0.25, -0.2) is 0 Å². The molecule has 8 N–H and O–H groups in total. The van der Waals surface area contributed by atoms with Crippen LogP contribution in [0.25, 0.3) is 22.3 Å². The van der Waals surface area contributed by atoms with Gasteiger partial charge in [0.15, 0.2) is 11.7 Å².